The van der Waals surface area contributed by atoms with Crippen LogP contribution in [-0.4, -0.2) is 32.8 Å². The van der Waals surface area contributed by atoms with Crippen LogP contribution in [0.3, 0.4) is 0 Å². The largest absolute Gasteiger partial charge is 0.342 e. The van der Waals surface area contributed by atoms with Crippen LogP contribution in [0.4, 0.5) is 0 Å². The van der Waals surface area contributed by atoms with Crippen LogP contribution in [0, 0.1) is 6.92 Å². The maximum Gasteiger partial charge on any atom is 0.261 e. The number of carbonyl (C=O) groups is 1. The molecule has 0 bridgehead atoms. The van der Waals surface area contributed by atoms with Crippen LogP contribution in [-0.2, 0) is 9.05 Å². The normalized spacial score (nSPS) is 11.4. The Hall–Kier alpha value is -0.590. The summed E-state index contributed by atoms with van der Waals surface area (Å²) in [6, 6.07) is 3.00. The van der Waals surface area contributed by atoms with E-state index in [0.717, 1.165) is 6.42 Å². The molecule has 1 aromatic rings. The highest BCUT2D eigenvalue weighted by Crippen LogP contribution is 2.27. The highest BCUT2D eigenvalue weighted by Gasteiger charge is 2.22. The lowest BCUT2D eigenvalue weighted by Gasteiger charge is -2.18. The molecule has 0 spiro atoms. The zero-order valence-electron chi connectivity index (χ0n) is 10.9. The fraction of sp³-hybridized carbons (Fsp3) is 0.417. The number of carbonyl (C=O) groups excluding carboxylic acids is 1. The van der Waals surface area contributed by atoms with E-state index < -0.39 is 9.05 Å². The Morgan fingerprint density at radius 2 is 2.00 bits per heavy atom. The van der Waals surface area contributed by atoms with Crippen LogP contribution < -0.4 is 0 Å². The Morgan fingerprint density at radius 1 is 1.42 bits per heavy atom. The van der Waals surface area contributed by atoms with Crippen LogP contribution in [0.25, 0.3) is 0 Å². The molecule has 1 aromatic carbocycles. The third kappa shape index (κ3) is 3.94. The van der Waals surface area contributed by atoms with Crippen LogP contribution in [0.5, 0.6) is 0 Å². The third-order valence-corrected chi connectivity index (χ3v) is 4.63. The fourth-order valence-electron chi connectivity index (χ4n) is 1.77. The molecule has 0 atom stereocenters. The number of amides is 1. The Morgan fingerprint density at radius 3 is 2.47 bits per heavy atom. The van der Waals surface area contributed by atoms with Gasteiger partial charge in [-0.2, -0.15) is 0 Å². The second-order valence-corrected chi connectivity index (χ2v) is 7.69. The minimum Gasteiger partial charge on any atom is -0.342 e. The van der Waals surface area contributed by atoms with Gasteiger partial charge in [0.25, 0.3) is 15.0 Å². The van der Waals surface area contributed by atoms with E-state index in [9.17, 15) is 13.2 Å². The van der Waals surface area contributed by atoms with Crippen molar-refractivity contribution >= 4 is 41.6 Å². The summed E-state index contributed by atoms with van der Waals surface area (Å²) in [6.07, 6.45) is 0.829. The van der Waals surface area contributed by atoms with Crippen molar-refractivity contribution in [2.45, 2.75) is 25.2 Å². The van der Waals surface area contributed by atoms with Crippen molar-refractivity contribution in [1.82, 2.24) is 4.90 Å². The number of hydrogen-bond acceptors (Lipinski definition) is 3. The molecule has 0 radical (unpaired) electrons. The smallest absolute Gasteiger partial charge is 0.261 e. The standard InChI is InChI=1S/C12H15BrClNO3S/c1-4-5-15(3)12(16)10-6-9(13)7-11(8(10)2)19(14,17)18/h6-7H,4-5H2,1-3H3. The highest BCUT2D eigenvalue weighted by atomic mass is 79.9. The van der Waals surface area contributed by atoms with Gasteiger partial charge in [0.05, 0.1) is 4.90 Å². The molecule has 0 N–H and O–H groups in total. The van der Waals surface area contributed by atoms with Crippen molar-refractivity contribution in [3.05, 3.63) is 27.7 Å². The first-order valence-corrected chi connectivity index (χ1v) is 8.79. The zero-order valence-corrected chi connectivity index (χ0v) is 14.1. The second kappa shape index (κ2) is 6.24. The molecule has 106 valence electrons. The number of benzene rings is 1. The van der Waals surface area contributed by atoms with Crippen molar-refractivity contribution < 1.29 is 13.2 Å². The van der Waals surface area contributed by atoms with Gasteiger partial charge in [-0.25, -0.2) is 8.42 Å². The van der Waals surface area contributed by atoms with E-state index in [1.54, 1.807) is 24.9 Å². The number of nitrogens with zero attached hydrogens (tertiary/aromatic N) is 1. The van der Waals surface area contributed by atoms with E-state index in [1.807, 2.05) is 6.92 Å². The third-order valence-electron chi connectivity index (χ3n) is 2.72. The SMILES string of the molecule is CCCN(C)C(=O)c1cc(Br)cc(S(=O)(=O)Cl)c1C. The van der Waals surface area contributed by atoms with Gasteiger partial charge in [-0.3, -0.25) is 4.79 Å². The number of rotatable bonds is 4. The van der Waals surface area contributed by atoms with Crippen LogP contribution in [0.15, 0.2) is 21.5 Å². The average Bonchev–Trinajstić information content (AvgIpc) is 2.29. The molecule has 0 saturated heterocycles. The molecule has 0 unspecified atom stereocenters. The first-order valence-electron chi connectivity index (χ1n) is 5.68. The maximum atomic E-state index is 12.3. The fourth-order valence-corrected chi connectivity index (χ4v) is 3.61. The predicted octanol–water partition coefficient (Wildman–Crippen LogP) is 3.17. The summed E-state index contributed by atoms with van der Waals surface area (Å²) in [5.74, 6) is -0.220. The molecule has 4 nitrogen and oxygen atoms in total. The molecule has 0 aliphatic rings. The molecule has 0 aromatic heterocycles. The van der Waals surface area contributed by atoms with Gasteiger partial charge in [0.15, 0.2) is 0 Å². The summed E-state index contributed by atoms with van der Waals surface area (Å²) in [5.41, 5.74) is 0.704. The Bertz CT molecular complexity index is 601. The number of halogens is 2. The molecule has 0 fully saturated rings. The topological polar surface area (TPSA) is 54.5 Å². The Kier molecular flexibility index (Phi) is 5.41. The van der Waals surface area contributed by atoms with Crippen molar-refractivity contribution in [1.29, 1.82) is 0 Å². The molecular formula is C12H15BrClNO3S. The van der Waals surface area contributed by atoms with Crippen LogP contribution >= 0.6 is 26.6 Å². The van der Waals surface area contributed by atoms with Gasteiger partial charge in [0.1, 0.15) is 0 Å². The molecule has 7 heteroatoms. The van der Waals surface area contributed by atoms with Crippen LogP contribution in [0.1, 0.15) is 29.3 Å². The van der Waals surface area contributed by atoms with E-state index in [1.165, 1.54) is 6.07 Å². The van der Waals surface area contributed by atoms with Crippen molar-refractivity contribution in [2.24, 2.45) is 0 Å². The van der Waals surface area contributed by atoms with E-state index in [-0.39, 0.29) is 10.8 Å². The minimum atomic E-state index is -3.88. The van der Waals surface area contributed by atoms with Gasteiger partial charge in [0, 0.05) is 34.3 Å². The minimum absolute atomic E-state index is 0.0446. The first kappa shape index (κ1) is 16.5. The van der Waals surface area contributed by atoms with E-state index in [4.69, 9.17) is 10.7 Å². The molecule has 1 amide bonds. The summed E-state index contributed by atoms with van der Waals surface area (Å²) in [4.78, 5) is 13.8. The summed E-state index contributed by atoms with van der Waals surface area (Å²) >= 11 is 3.20. The van der Waals surface area contributed by atoms with Gasteiger partial charge in [-0.15, -0.1) is 0 Å². The van der Waals surface area contributed by atoms with E-state index >= 15 is 0 Å². The Labute approximate surface area is 126 Å². The van der Waals surface area contributed by atoms with E-state index in [2.05, 4.69) is 15.9 Å². The lowest BCUT2D eigenvalue weighted by atomic mass is 10.1. The van der Waals surface area contributed by atoms with Gasteiger partial charge >= 0.3 is 0 Å². The lowest BCUT2D eigenvalue weighted by Crippen LogP contribution is -2.28. The van der Waals surface area contributed by atoms with E-state index in [0.29, 0.717) is 22.1 Å². The van der Waals surface area contributed by atoms with Crippen molar-refractivity contribution in [3.63, 3.8) is 0 Å². The molecule has 0 aliphatic carbocycles. The molecule has 0 heterocycles. The summed E-state index contributed by atoms with van der Waals surface area (Å²) in [6.45, 7) is 4.15. The van der Waals surface area contributed by atoms with Crippen molar-refractivity contribution in [2.75, 3.05) is 13.6 Å². The van der Waals surface area contributed by atoms with Gasteiger partial charge in [0.2, 0.25) is 0 Å². The zero-order chi connectivity index (χ0) is 14.8. The predicted molar refractivity (Wildman–Crippen MR) is 79.2 cm³/mol. The number of hydrogen-bond donors (Lipinski definition) is 0. The Balaban J connectivity index is 3.38. The monoisotopic (exact) mass is 367 g/mol. The van der Waals surface area contributed by atoms with Crippen LogP contribution in [0.2, 0.25) is 0 Å². The summed E-state index contributed by atoms with van der Waals surface area (Å²) < 4.78 is 23.5. The van der Waals surface area contributed by atoms with Gasteiger partial charge in [-0.1, -0.05) is 22.9 Å². The lowest BCUT2D eigenvalue weighted by molar-refractivity contribution is 0.0794. The molecule has 19 heavy (non-hydrogen) atoms. The summed E-state index contributed by atoms with van der Waals surface area (Å²) in [7, 11) is 3.18. The quantitative estimate of drug-likeness (QED) is 0.767. The van der Waals surface area contributed by atoms with Crippen molar-refractivity contribution in [3.8, 4) is 0 Å². The summed E-state index contributed by atoms with van der Waals surface area (Å²) in [5, 5.41) is 0. The average molecular weight is 369 g/mol. The van der Waals surface area contributed by atoms with Gasteiger partial charge < -0.3 is 4.90 Å². The first-order chi connectivity index (χ1) is 8.68. The molecule has 1 rings (SSSR count). The highest BCUT2D eigenvalue weighted by molar-refractivity contribution is 9.10. The maximum absolute atomic E-state index is 12.3. The molecule has 0 saturated carbocycles. The second-order valence-electron chi connectivity index (χ2n) is 4.24. The van der Waals surface area contributed by atoms with Gasteiger partial charge in [-0.05, 0) is 31.0 Å². The molecular weight excluding hydrogens is 354 g/mol. The molecule has 0 aliphatic heterocycles.